The van der Waals surface area contributed by atoms with E-state index in [4.69, 9.17) is 5.11 Å². The van der Waals surface area contributed by atoms with E-state index >= 15 is 0 Å². The molecule has 1 aromatic heterocycles. The molecule has 0 aliphatic heterocycles. The Balaban J connectivity index is 2.65. The summed E-state index contributed by atoms with van der Waals surface area (Å²) < 4.78 is 0. The fraction of sp³-hybridized carbons (Fsp3) is 0.538. The number of carboxylic acid groups (broad SMARTS) is 1. The quantitative estimate of drug-likeness (QED) is 0.683. The lowest BCUT2D eigenvalue weighted by Gasteiger charge is -2.30. The number of nitrogens with one attached hydrogen (secondary N) is 1. The average molecular weight is 252 g/mol. The highest BCUT2D eigenvalue weighted by Gasteiger charge is 2.24. The number of carboxylic acids is 1. The maximum atomic E-state index is 10.7. The maximum absolute atomic E-state index is 10.7. The van der Waals surface area contributed by atoms with Gasteiger partial charge in [-0.1, -0.05) is 13.8 Å². The summed E-state index contributed by atoms with van der Waals surface area (Å²) in [4.78, 5) is 14.8. The Hall–Kier alpha value is -1.46. The Morgan fingerprint density at radius 1 is 1.39 bits per heavy atom. The van der Waals surface area contributed by atoms with E-state index in [1.165, 1.54) is 12.3 Å². The zero-order valence-electron chi connectivity index (χ0n) is 10.8. The molecule has 100 valence electrons. The first kappa shape index (κ1) is 14.6. The number of hydrogen-bond donors (Lipinski definition) is 3. The highest BCUT2D eigenvalue weighted by atomic mass is 16.4. The van der Waals surface area contributed by atoms with Gasteiger partial charge in [0.15, 0.2) is 0 Å². The van der Waals surface area contributed by atoms with Gasteiger partial charge in [0.1, 0.15) is 0 Å². The van der Waals surface area contributed by atoms with Crippen molar-refractivity contribution in [2.75, 3.05) is 6.61 Å². The number of aromatic nitrogens is 1. The SMILES string of the molecule is CCC(CC)(CO)NCc1ccc(C(=O)O)cn1. The van der Waals surface area contributed by atoms with Crippen molar-refractivity contribution in [2.24, 2.45) is 0 Å². The van der Waals surface area contributed by atoms with Crippen LogP contribution in [-0.2, 0) is 6.54 Å². The van der Waals surface area contributed by atoms with E-state index < -0.39 is 5.97 Å². The number of rotatable bonds is 7. The second-order valence-electron chi connectivity index (χ2n) is 4.34. The summed E-state index contributed by atoms with van der Waals surface area (Å²) in [7, 11) is 0. The summed E-state index contributed by atoms with van der Waals surface area (Å²) in [5.74, 6) is -0.978. The minimum Gasteiger partial charge on any atom is -0.478 e. The van der Waals surface area contributed by atoms with Crippen molar-refractivity contribution in [1.82, 2.24) is 10.3 Å². The van der Waals surface area contributed by atoms with Crippen molar-refractivity contribution in [1.29, 1.82) is 0 Å². The van der Waals surface area contributed by atoms with Crippen LogP contribution in [0.4, 0.5) is 0 Å². The summed E-state index contributed by atoms with van der Waals surface area (Å²) in [5, 5.41) is 21.5. The highest BCUT2D eigenvalue weighted by Crippen LogP contribution is 2.14. The van der Waals surface area contributed by atoms with Crippen molar-refractivity contribution in [2.45, 2.75) is 38.8 Å². The molecular formula is C13H20N2O3. The summed E-state index contributed by atoms with van der Waals surface area (Å²) in [6, 6.07) is 3.22. The lowest BCUT2D eigenvalue weighted by atomic mass is 9.94. The van der Waals surface area contributed by atoms with Crippen LogP contribution in [0.2, 0.25) is 0 Å². The molecule has 3 N–H and O–H groups in total. The van der Waals surface area contributed by atoms with Crippen LogP contribution in [0, 0.1) is 0 Å². The zero-order valence-corrected chi connectivity index (χ0v) is 10.8. The van der Waals surface area contributed by atoms with Gasteiger partial charge in [0.2, 0.25) is 0 Å². The minimum absolute atomic E-state index is 0.0766. The number of aromatic carboxylic acids is 1. The predicted molar refractivity (Wildman–Crippen MR) is 68.4 cm³/mol. The topological polar surface area (TPSA) is 82.5 Å². The van der Waals surface area contributed by atoms with Gasteiger partial charge in [0, 0.05) is 18.3 Å². The van der Waals surface area contributed by atoms with Crippen LogP contribution in [0.15, 0.2) is 18.3 Å². The molecule has 1 aromatic rings. The average Bonchev–Trinajstić information content (AvgIpc) is 2.41. The zero-order chi connectivity index (χ0) is 13.6. The fourth-order valence-electron chi connectivity index (χ4n) is 1.71. The molecule has 1 rings (SSSR count). The number of pyridine rings is 1. The van der Waals surface area contributed by atoms with Crippen LogP contribution in [0.3, 0.4) is 0 Å². The monoisotopic (exact) mass is 252 g/mol. The molecule has 0 aliphatic carbocycles. The van der Waals surface area contributed by atoms with Gasteiger partial charge in [0.25, 0.3) is 0 Å². The molecule has 0 saturated carbocycles. The van der Waals surface area contributed by atoms with Crippen LogP contribution in [0.1, 0.15) is 42.7 Å². The molecule has 0 spiro atoms. The molecule has 5 nitrogen and oxygen atoms in total. The molecule has 0 amide bonds. The van der Waals surface area contributed by atoms with Gasteiger partial charge in [-0.25, -0.2) is 4.79 Å². The van der Waals surface area contributed by atoms with E-state index in [-0.39, 0.29) is 17.7 Å². The molecule has 0 unspecified atom stereocenters. The maximum Gasteiger partial charge on any atom is 0.337 e. The number of aliphatic hydroxyl groups excluding tert-OH is 1. The van der Waals surface area contributed by atoms with E-state index in [0.29, 0.717) is 6.54 Å². The molecule has 0 fully saturated rings. The summed E-state index contributed by atoms with van der Waals surface area (Å²) in [6.07, 6.45) is 3.00. The number of nitrogens with zero attached hydrogens (tertiary/aromatic N) is 1. The van der Waals surface area contributed by atoms with Crippen LogP contribution < -0.4 is 5.32 Å². The molecule has 0 atom stereocenters. The molecule has 18 heavy (non-hydrogen) atoms. The molecule has 5 heteroatoms. The Morgan fingerprint density at radius 2 is 2.06 bits per heavy atom. The number of aliphatic hydroxyl groups is 1. The van der Waals surface area contributed by atoms with Gasteiger partial charge in [-0.2, -0.15) is 0 Å². The van der Waals surface area contributed by atoms with E-state index in [1.54, 1.807) is 6.07 Å². The van der Waals surface area contributed by atoms with Crippen molar-refractivity contribution in [3.63, 3.8) is 0 Å². The molecule has 0 saturated heterocycles. The van der Waals surface area contributed by atoms with E-state index in [2.05, 4.69) is 10.3 Å². The molecule has 0 radical (unpaired) electrons. The van der Waals surface area contributed by atoms with E-state index in [1.807, 2.05) is 13.8 Å². The number of hydrogen-bond acceptors (Lipinski definition) is 4. The lowest BCUT2D eigenvalue weighted by molar-refractivity contribution is 0.0696. The summed E-state index contributed by atoms with van der Waals surface area (Å²) in [5.41, 5.74) is 0.658. The van der Waals surface area contributed by atoms with Gasteiger partial charge < -0.3 is 15.5 Å². The Morgan fingerprint density at radius 3 is 2.44 bits per heavy atom. The van der Waals surface area contributed by atoms with Crippen molar-refractivity contribution < 1.29 is 15.0 Å². The second kappa shape index (κ2) is 6.47. The number of carbonyl (C=O) groups is 1. The Bertz CT molecular complexity index is 377. The Kier molecular flexibility index (Phi) is 5.25. The van der Waals surface area contributed by atoms with Gasteiger partial charge in [-0.3, -0.25) is 4.98 Å². The van der Waals surface area contributed by atoms with E-state index in [9.17, 15) is 9.90 Å². The van der Waals surface area contributed by atoms with Gasteiger partial charge in [-0.05, 0) is 25.0 Å². The summed E-state index contributed by atoms with van der Waals surface area (Å²) >= 11 is 0. The van der Waals surface area contributed by atoms with E-state index in [0.717, 1.165) is 18.5 Å². The third-order valence-electron chi connectivity index (χ3n) is 3.37. The Labute approximate surface area is 107 Å². The first-order valence-electron chi connectivity index (χ1n) is 6.11. The van der Waals surface area contributed by atoms with Crippen LogP contribution in [-0.4, -0.2) is 33.3 Å². The summed E-state index contributed by atoms with van der Waals surface area (Å²) in [6.45, 7) is 4.64. The van der Waals surface area contributed by atoms with Crippen LogP contribution >= 0.6 is 0 Å². The fourth-order valence-corrected chi connectivity index (χ4v) is 1.71. The first-order valence-corrected chi connectivity index (χ1v) is 6.11. The third-order valence-corrected chi connectivity index (χ3v) is 3.37. The van der Waals surface area contributed by atoms with Crippen molar-refractivity contribution in [3.8, 4) is 0 Å². The molecular weight excluding hydrogens is 232 g/mol. The van der Waals surface area contributed by atoms with Gasteiger partial charge in [-0.15, -0.1) is 0 Å². The van der Waals surface area contributed by atoms with Crippen molar-refractivity contribution in [3.05, 3.63) is 29.6 Å². The van der Waals surface area contributed by atoms with Crippen molar-refractivity contribution >= 4 is 5.97 Å². The highest BCUT2D eigenvalue weighted by molar-refractivity contribution is 5.87. The first-order chi connectivity index (χ1) is 8.56. The molecule has 0 aliphatic rings. The second-order valence-corrected chi connectivity index (χ2v) is 4.34. The smallest absolute Gasteiger partial charge is 0.337 e. The van der Waals surface area contributed by atoms with Crippen LogP contribution in [0.25, 0.3) is 0 Å². The standard InChI is InChI=1S/C13H20N2O3/c1-3-13(4-2,9-16)15-8-11-6-5-10(7-14-11)12(17)18/h5-7,15-16H,3-4,8-9H2,1-2H3,(H,17,18). The normalized spacial score (nSPS) is 11.5. The predicted octanol–water partition coefficient (Wildman–Crippen LogP) is 1.42. The van der Waals surface area contributed by atoms with Crippen LogP contribution in [0.5, 0.6) is 0 Å². The largest absolute Gasteiger partial charge is 0.478 e. The molecule has 1 heterocycles. The van der Waals surface area contributed by atoms with Gasteiger partial charge >= 0.3 is 5.97 Å². The molecule has 0 aromatic carbocycles. The minimum atomic E-state index is -0.978. The lowest BCUT2D eigenvalue weighted by Crippen LogP contribution is -2.47. The molecule has 0 bridgehead atoms. The van der Waals surface area contributed by atoms with Gasteiger partial charge in [0.05, 0.1) is 17.9 Å². The third kappa shape index (κ3) is 3.51.